The predicted molar refractivity (Wildman–Crippen MR) is 85.3 cm³/mol. The summed E-state index contributed by atoms with van der Waals surface area (Å²) in [6.07, 6.45) is 0.0674. The largest absolute Gasteiger partial charge is 0.481 e. The lowest BCUT2D eigenvalue weighted by atomic mass is 9.98. The van der Waals surface area contributed by atoms with Crippen LogP contribution in [0.15, 0.2) is 48.5 Å². The fourth-order valence-electron chi connectivity index (χ4n) is 2.27. The summed E-state index contributed by atoms with van der Waals surface area (Å²) in [4.78, 5) is 12.9. The van der Waals surface area contributed by atoms with Crippen molar-refractivity contribution in [3.63, 3.8) is 0 Å². The van der Waals surface area contributed by atoms with Crippen LogP contribution < -0.4 is 0 Å². The van der Waals surface area contributed by atoms with E-state index in [-0.39, 0.29) is 6.42 Å². The molecule has 21 heavy (non-hydrogen) atoms. The Labute approximate surface area is 125 Å². The van der Waals surface area contributed by atoms with Gasteiger partial charge in [0.25, 0.3) is 0 Å². The van der Waals surface area contributed by atoms with Crippen molar-refractivity contribution < 1.29 is 9.90 Å². The molecule has 0 spiro atoms. The maximum Gasteiger partial charge on any atom is 0.307 e. The molecule has 1 atom stereocenters. The van der Waals surface area contributed by atoms with Crippen molar-refractivity contribution in [3.05, 3.63) is 59.7 Å². The minimum Gasteiger partial charge on any atom is -0.481 e. The number of aliphatic carboxylic acids is 1. The summed E-state index contributed by atoms with van der Waals surface area (Å²) in [5.74, 6) is -0.801. The van der Waals surface area contributed by atoms with Crippen molar-refractivity contribution in [3.8, 4) is 11.1 Å². The van der Waals surface area contributed by atoms with Gasteiger partial charge in [-0.25, -0.2) is 0 Å². The Morgan fingerprint density at radius 2 is 1.76 bits per heavy atom. The zero-order chi connectivity index (χ0) is 15.4. The molecule has 0 fully saturated rings. The SMILES string of the molecule is C[C@@H](c1cccc(-c2ccc(CC(=O)O)cc2)c1)N(C)C. The Balaban J connectivity index is 2.25. The molecule has 0 aliphatic heterocycles. The van der Waals surface area contributed by atoms with Gasteiger partial charge in [-0.05, 0) is 49.3 Å². The molecule has 0 bridgehead atoms. The summed E-state index contributed by atoms with van der Waals surface area (Å²) in [7, 11) is 4.13. The van der Waals surface area contributed by atoms with E-state index in [1.54, 1.807) is 0 Å². The third kappa shape index (κ3) is 3.92. The molecule has 0 saturated heterocycles. The van der Waals surface area contributed by atoms with Crippen LogP contribution in [0.3, 0.4) is 0 Å². The molecule has 0 aliphatic rings. The predicted octanol–water partition coefficient (Wildman–Crippen LogP) is 3.60. The molecule has 3 nitrogen and oxygen atoms in total. The van der Waals surface area contributed by atoms with Crippen LogP contribution >= 0.6 is 0 Å². The van der Waals surface area contributed by atoms with E-state index in [2.05, 4.69) is 50.2 Å². The number of benzene rings is 2. The number of carbonyl (C=O) groups is 1. The number of carboxylic acid groups (broad SMARTS) is 1. The van der Waals surface area contributed by atoms with Crippen LogP contribution in [-0.2, 0) is 11.2 Å². The number of nitrogens with zero attached hydrogens (tertiary/aromatic N) is 1. The van der Waals surface area contributed by atoms with E-state index >= 15 is 0 Å². The van der Waals surface area contributed by atoms with Crippen molar-refractivity contribution in [2.24, 2.45) is 0 Å². The van der Waals surface area contributed by atoms with Crippen molar-refractivity contribution in [2.75, 3.05) is 14.1 Å². The molecule has 3 heteroatoms. The van der Waals surface area contributed by atoms with Gasteiger partial charge in [0.15, 0.2) is 0 Å². The third-order valence-electron chi connectivity index (χ3n) is 3.79. The van der Waals surface area contributed by atoms with Crippen LogP contribution in [0.4, 0.5) is 0 Å². The van der Waals surface area contributed by atoms with E-state index in [1.165, 1.54) is 5.56 Å². The molecule has 0 aromatic heterocycles. The molecular formula is C18H21NO2. The molecule has 0 saturated carbocycles. The van der Waals surface area contributed by atoms with E-state index in [4.69, 9.17) is 5.11 Å². The maximum absolute atomic E-state index is 10.7. The highest BCUT2D eigenvalue weighted by Crippen LogP contribution is 2.25. The molecule has 2 rings (SSSR count). The van der Waals surface area contributed by atoms with Crippen LogP contribution in [-0.4, -0.2) is 30.1 Å². The van der Waals surface area contributed by atoms with Gasteiger partial charge in [-0.2, -0.15) is 0 Å². The van der Waals surface area contributed by atoms with Gasteiger partial charge in [-0.1, -0.05) is 42.5 Å². The highest BCUT2D eigenvalue weighted by molar-refractivity contribution is 5.71. The molecule has 0 aliphatic carbocycles. The zero-order valence-corrected chi connectivity index (χ0v) is 12.7. The summed E-state index contributed by atoms with van der Waals surface area (Å²) in [6, 6.07) is 16.6. The first-order valence-corrected chi connectivity index (χ1v) is 7.05. The van der Waals surface area contributed by atoms with Crippen molar-refractivity contribution in [2.45, 2.75) is 19.4 Å². The van der Waals surface area contributed by atoms with Gasteiger partial charge >= 0.3 is 5.97 Å². The highest BCUT2D eigenvalue weighted by atomic mass is 16.4. The van der Waals surface area contributed by atoms with Crippen LogP contribution in [0, 0.1) is 0 Å². The second-order valence-corrected chi connectivity index (χ2v) is 5.53. The summed E-state index contributed by atoms with van der Waals surface area (Å²) in [5, 5.41) is 8.80. The first kappa shape index (κ1) is 15.3. The highest BCUT2D eigenvalue weighted by Gasteiger charge is 2.09. The molecule has 2 aromatic carbocycles. The van der Waals surface area contributed by atoms with Gasteiger partial charge < -0.3 is 10.0 Å². The quantitative estimate of drug-likeness (QED) is 0.911. The first-order valence-electron chi connectivity index (χ1n) is 7.05. The topological polar surface area (TPSA) is 40.5 Å². The standard InChI is InChI=1S/C18H21NO2/c1-13(19(2)3)16-5-4-6-17(12-16)15-9-7-14(8-10-15)11-18(20)21/h4-10,12-13H,11H2,1-3H3,(H,20,21)/t13-/m0/s1. The van der Waals surface area contributed by atoms with Gasteiger partial charge in [0, 0.05) is 6.04 Å². The zero-order valence-electron chi connectivity index (χ0n) is 12.7. The maximum atomic E-state index is 10.7. The molecule has 0 unspecified atom stereocenters. The van der Waals surface area contributed by atoms with E-state index in [0.717, 1.165) is 16.7 Å². The van der Waals surface area contributed by atoms with Gasteiger partial charge in [0.2, 0.25) is 0 Å². The van der Waals surface area contributed by atoms with Crippen LogP contribution in [0.2, 0.25) is 0 Å². The summed E-state index contributed by atoms with van der Waals surface area (Å²) in [6.45, 7) is 2.18. The van der Waals surface area contributed by atoms with Crippen LogP contribution in [0.25, 0.3) is 11.1 Å². The number of hydrogen-bond donors (Lipinski definition) is 1. The fourth-order valence-corrected chi connectivity index (χ4v) is 2.27. The summed E-state index contributed by atoms with van der Waals surface area (Å²) in [5.41, 5.74) is 4.36. The number of rotatable bonds is 5. The number of carboxylic acids is 1. The lowest BCUT2D eigenvalue weighted by molar-refractivity contribution is -0.136. The van der Waals surface area contributed by atoms with Crippen molar-refractivity contribution in [1.82, 2.24) is 4.90 Å². The molecule has 110 valence electrons. The Hall–Kier alpha value is -2.13. The minimum absolute atomic E-state index is 0.0674. The van der Waals surface area contributed by atoms with E-state index in [0.29, 0.717) is 6.04 Å². The minimum atomic E-state index is -0.801. The Morgan fingerprint density at radius 1 is 1.10 bits per heavy atom. The molecular weight excluding hydrogens is 262 g/mol. The van der Waals surface area contributed by atoms with Crippen molar-refractivity contribution >= 4 is 5.97 Å². The second kappa shape index (κ2) is 6.55. The van der Waals surface area contributed by atoms with E-state index < -0.39 is 5.97 Å². The lowest BCUT2D eigenvalue weighted by Gasteiger charge is -2.20. The second-order valence-electron chi connectivity index (χ2n) is 5.53. The normalized spacial score (nSPS) is 12.4. The first-order chi connectivity index (χ1) is 9.97. The molecule has 0 radical (unpaired) electrons. The average Bonchev–Trinajstić information content (AvgIpc) is 2.46. The fraction of sp³-hybridized carbons (Fsp3) is 0.278. The average molecular weight is 283 g/mol. The summed E-state index contributed by atoms with van der Waals surface area (Å²) < 4.78 is 0. The van der Waals surface area contributed by atoms with Gasteiger partial charge in [0.05, 0.1) is 6.42 Å². The van der Waals surface area contributed by atoms with E-state index in [1.807, 2.05) is 24.3 Å². The third-order valence-corrected chi connectivity index (χ3v) is 3.79. The molecule has 1 N–H and O–H groups in total. The smallest absolute Gasteiger partial charge is 0.307 e. The van der Waals surface area contributed by atoms with Gasteiger partial charge in [-0.15, -0.1) is 0 Å². The van der Waals surface area contributed by atoms with Crippen LogP contribution in [0.5, 0.6) is 0 Å². The monoisotopic (exact) mass is 283 g/mol. The molecule has 2 aromatic rings. The lowest BCUT2D eigenvalue weighted by Crippen LogP contribution is -2.16. The molecule has 0 heterocycles. The molecule has 0 amide bonds. The Bertz CT molecular complexity index is 617. The van der Waals surface area contributed by atoms with E-state index in [9.17, 15) is 4.79 Å². The Morgan fingerprint density at radius 3 is 2.33 bits per heavy atom. The number of hydrogen-bond acceptors (Lipinski definition) is 2. The summed E-state index contributed by atoms with van der Waals surface area (Å²) >= 11 is 0. The Kier molecular flexibility index (Phi) is 4.76. The van der Waals surface area contributed by atoms with Gasteiger partial charge in [0.1, 0.15) is 0 Å². The van der Waals surface area contributed by atoms with Gasteiger partial charge in [-0.3, -0.25) is 4.79 Å². The van der Waals surface area contributed by atoms with Crippen LogP contribution in [0.1, 0.15) is 24.1 Å². The van der Waals surface area contributed by atoms with Crippen molar-refractivity contribution in [1.29, 1.82) is 0 Å².